The van der Waals surface area contributed by atoms with Crippen molar-refractivity contribution >= 4 is 17.4 Å². The Labute approximate surface area is 76.8 Å². The Morgan fingerprint density at radius 3 is 2.50 bits per heavy atom. The molecule has 1 rings (SSSR count). The summed E-state index contributed by atoms with van der Waals surface area (Å²) in [4.78, 5) is 0.992. The molecule has 1 aromatic carbocycles. The quantitative estimate of drug-likeness (QED) is 0.443. The van der Waals surface area contributed by atoms with Gasteiger partial charge in [-0.05, 0) is 30.7 Å². The normalized spacial score (nSPS) is 12.8. The van der Waals surface area contributed by atoms with Gasteiger partial charge in [-0.1, -0.05) is 18.7 Å². The third-order valence-electron chi connectivity index (χ3n) is 1.48. The van der Waals surface area contributed by atoms with E-state index in [0.717, 1.165) is 10.6 Å². The van der Waals surface area contributed by atoms with Crippen LogP contribution >= 0.6 is 11.8 Å². The van der Waals surface area contributed by atoms with E-state index in [1.54, 1.807) is 0 Å². The van der Waals surface area contributed by atoms with Crippen molar-refractivity contribution in [2.24, 2.45) is 0 Å². The smallest absolute Gasteiger partial charge is 0.142 e. The molecule has 0 spiro atoms. The van der Waals surface area contributed by atoms with Crippen LogP contribution in [-0.4, -0.2) is 5.44 Å². The van der Waals surface area contributed by atoms with Gasteiger partial charge in [0.05, 0.1) is 0 Å². The van der Waals surface area contributed by atoms with E-state index in [0.29, 0.717) is 6.42 Å². The molecule has 0 amide bonds. The molecule has 2 N–H and O–H groups in total. The highest BCUT2D eigenvalue weighted by atomic mass is 32.2. The van der Waals surface area contributed by atoms with Crippen LogP contribution < -0.4 is 5.73 Å². The van der Waals surface area contributed by atoms with Crippen LogP contribution in [0.15, 0.2) is 29.2 Å². The van der Waals surface area contributed by atoms with Crippen LogP contribution in [-0.2, 0) is 5.11 Å². The van der Waals surface area contributed by atoms with Gasteiger partial charge in [0.1, 0.15) is 5.44 Å². The van der Waals surface area contributed by atoms with E-state index < -0.39 is 5.44 Å². The van der Waals surface area contributed by atoms with Crippen molar-refractivity contribution in [3.63, 3.8) is 0 Å². The maximum Gasteiger partial charge on any atom is 0.142 e. The van der Waals surface area contributed by atoms with Crippen LogP contribution in [0.25, 0.3) is 0 Å². The van der Waals surface area contributed by atoms with Gasteiger partial charge in [0, 0.05) is 10.6 Å². The van der Waals surface area contributed by atoms with Crippen molar-refractivity contribution in [2.45, 2.75) is 23.7 Å². The number of thioether (sulfide) groups is 1. The summed E-state index contributed by atoms with van der Waals surface area (Å²) in [5.74, 6) is 0. The maximum atomic E-state index is 11.1. The lowest BCUT2D eigenvalue weighted by molar-refractivity contribution is 0.162. The topological polar surface area (TPSA) is 45.9 Å². The van der Waals surface area contributed by atoms with Crippen molar-refractivity contribution in [3.8, 4) is 0 Å². The van der Waals surface area contributed by atoms with Gasteiger partial charge in [-0.15, -0.1) is 0 Å². The Bertz CT molecular complexity index is 235. The zero-order valence-corrected chi connectivity index (χ0v) is 7.80. The third-order valence-corrected chi connectivity index (χ3v) is 2.62. The summed E-state index contributed by atoms with van der Waals surface area (Å²) in [7, 11) is 0. The Hall–Kier alpha value is -0.670. The minimum atomic E-state index is -0.561. The third kappa shape index (κ3) is 2.75. The van der Waals surface area contributed by atoms with Crippen LogP contribution in [0.2, 0.25) is 0 Å². The van der Waals surface area contributed by atoms with E-state index in [1.807, 2.05) is 31.2 Å². The predicted molar refractivity (Wildman–Crippen MR) is 51.5 cm³/mol. The minimum Gasteiger partial charge on any atom is -0.399 e. The lowest BCUT2D eigenvalue weighted by Gasteiger charge is -2.04. The molecule has 1 unspecified atom stereocenters. The monoisotopic (exact) mass is 182 g/mol. The number of benzene rings is 1. The van der Waals surface area contributed by atoms with E-state index in [1.165, 1.54) is 11.8 Å². The molecule has 12 heavy (non-hydrogen) atoms. The van der Waals surface area contributed by atoms with E-state index in [-0.39, 0.29) is 0 Å². The highest BCUT2D eigenvalue weighted by Crippen LogP contribution is 2.24. The number of nitrogen functional groups attached to an aromatic ring is 1. The van der Waals surface area contributed by atoms with Crippen LogP contribution in [0.5, 0.6) is 0 Å². The van der Waals surface area contributed by atoms with Gasteiger partial charge in [0.2, 0.25) is 0 Å². The van der Waals surface area contributed by atoms with Gasteiger partial charge in [0.15, 0.2) is 0 Å². The molecule has 0 heterocycles. The fourth-order valence-corrected chi connectivity index (χ4v) is 1.54. The van der Waals surface area contributed by atoms with Crippen LogP contribution in [0.4, 0.5) is 5.69 Å². The number of hydrogen-bond acceptors (Lipinski definition) is 2. The van der Waals surface area contributed by atoms with E-state index in [2.05, 4.69) is 0 Å². The van der Waals surface area contributed by atoms with Crippen molar-refractivity contribution in [3.05, 3.63) is 24.3 Å². The summed E-state index contributed by atoms with van der Waals surface area (Å²) in [6.07, 6.45) is 0.648. The molecular weight excluding hydrogens is 170 g/mol. The summed E-state index contributed by atoms with van der Waals surface area (Å²) in [5, 5.41) is 11.1. The molecule has 1 radical (unpaired) electrons. The molecule has 0 saturated heterocycles. The van der Waals surface area contributed by atoms with Crippen LogP contribution in [0.1, 0.15) is 13.3 Å². The lowest BCUT2D eigenvalue weighted by Crippen LogP contribution is -1.94. The zero-order valence-electron chi connectivity index (χ0n) is 6.99. The first-order valence-corrected chi connectivity index (χ1v) is 4.78. The molecule has 0 aliphatic rings. The predicted octanol–water partition coefficient (Wildman–Crippen LogP) is 2.53. The summed E-state index contributed by atoms with van der Waals surface area (Å²) in [6, 6.07) is 7.37. The van der Waals surface area contributed by atoms with Crippen molar-refractivity contribution in [2.75, 3.05) is 5.73 Å². The Morgan fingerprint density at radius 1 is 1.42 bits per heavy atom. The first-order valence-electron chi connectivity index (χ1n) is 3.90. The van der Waals surface area contributed by atoms with Crippen molar-refractivity contribution in [1.29, 1.82) is 0 Å². The molecule has 1 aromatic rings. The highest BCUT2D eigenvalue weighted by molar-refractivity contribution is 7.99. The molecular formula is C9H12NOS. The first kappa shape index (κ1) is 9.42. The summed E-state index contributed by atoms with van der Waals surface area (Å²) in [5.41, 5.74) is 5.68. The largest absolute Gasteiger partial charge is 0.399 e. The number of anilines is 1. The van der Waals surface area contributed by atoms with Gasteiger partial charge in [-0.3, -0.25) is 0 Å². The summed E-state index contributed by atoms with van der Waals surface area (Å²) >= 11 is 1.34. The molecule has 3 heteroatoms. The van der Waals surface area contributed by atoms with Gasteiger partial charge in [-0.25, -0.2) is 5.11 Å². The number of hydrogen-bond donors (Lipinski definition) is 1. The minimum absolute atomic E-state index is 0.561. The van der Waals surface area contributed by atoms with Gasteiger partial charge in [-0.2, -0.15) is 0 Å². The molecule has 0 aliphatic heterocycles. The fourth-order valence-electron chi connectivity index (χ4n) is 0.782. The maximum absolute atomic E-state index is 11.1. The lowest BCUT2D eigenvalue weighted by atomic mass is 10.3. The first-order chi connectivity index (χ1) is 5.72. The average Bonchev–Trinajstić information content (AvgIpc) is 2.09. The van der Waals surface area contributed by atoms with Gasteiger partial charge < -0.3 is 5.73 Å². The van der Waals surface area contributed by atoms with Gasteiger partial charge in [0.25, 0.3) is 0 Å². The number of rotatable bonds is 3. The average molecular weight is 182 g/mol. The van der Waals surface area contributed by atoms with Crippen molar-refractivity contribution in [1.82, 2.24) is 0 Å². The molecule has 1 atom stereocenters. The Morgan fingerprint density at radius 2 is 2.00 bits per heavy atom. The van der Waals surface area contributed by atoms with E-state index in [9.17, 15) is 5.11 Å². The number of nitrogens with two attached hydrogens (primary N) is 1. The zero-order chi connectivity index (χ0) is 8.97. The molecule has 0 fully saturated rings. The standard InChI is InChI=1S/C9H12NOS/c1-2-9(11)12-8-5-3-7(10)4-6-8/h3-6,9H,2,10H2,1H3. The van der Waals surface area contributed by atoms with Gasteiger partial charge >= 0.3 is 0 Å². The second kappa shape index (κ2) is 4.38. The molecule has 0 aromatic heterocycles. The van der Waals surface area contributed by atoms with Crippen molar-refractivity contribution < 1.29 is 5.11 Å². The van der Waals surface area contributed by atoms with E-state index >= 15 is 0 Å². The molecule has 0 aliphatic carbocycles. The van der Waals surface area contributed by atoms with E-state index in [4.69, 9.17) is 5.73 Å². The fraction of sp³-hybridized carbons (Fsp3) is 0.333. The van der Waals surface area contributed by atoms with Crippen LogP contribution in [0.3, 0.4) is 0 Å². The molecule has 0 bridgehead atoms. The second-order valence-electron chi connectivity index (χ2n) is 2.52. The molecule has 0 saturated carbocycles. The SMILES string of the molecule is CCC([O])Sc1ccc(N)cc1. The Kier molecular flexibility index (Phi) is 3.44. The summed E-state index contributed by atoms with van der Waals surface area (Å²) in [6.45, 7) is 1.89. The molecule has 2 nitrogen and oxygen atoms in total. The highest BCUT2D eigenvalue weighted by Gasteiger charge is 2.03. The Balaban J connectivity index is 2.58. The van der Waals surface area contributed by atoms with Crippen LogP contribution in [0, 0.1) is 0 Å². The summed E-state index contributed by atoms with van der Waals surface area (Å²) < 4.78 is 0. The molecule has 65 valence electrons. The second-order valence-corrected chi connectivity index (χ2v) is 3.76.